The van der Waals surface area contributed by atoms with Crippen LogP contribution in [0.3, 0.4) is 0 Å². The van der Waals surface area contributed by atoms with Gasteiger partial charge in [-0.25, -0.2) is 0 Å². The molecular formula is C14H23NO4. The molecule has 1 fully saturated rings. The van der Waals surface area contributed by atoms with Crippen molar-refractivity contribution in [2.75, 3.05) is 13.2 Å². The number of hydrogen-bond acceptors (Lipinski definition) is 5. The van der Waals surface area contributed by atoms with E-state index in [2.05, 4.69) is 5.32 Å². The van der Waals surface area contributed by atoms with Gasteiger partial charge in [-0.1, -0.05) is 12.8 Å². The molecule has 0 saturated heterocycles. The molecule has 2 rings (SSSR count). The Bertz CT molecular complexity index is 341. The van der Waals surface area contributed by atoms with E-state index in [0.717, 1.165) is 31.4 Å². The summed E-state index contributed by atoms with van der Waals surface area (Å²) in [5.74, 6) is 0.753. The first-order valence-electron chi connectivity index (χ1n) is 6.95. The van der Waals surface area contributed by atoms with Crippen LogP contribution >= 0.6 is 0 Å². The van der Waals surface area contributed by atoms with Crippen molar-refractivity contribution < 1.29 is 19.4 Å². The topological polar surface area (TPSA) is 74.9 Å². The van der Waals surface area contributed by atoms with Crippen LogP contribution in [0.5, 0.6) is 0 Å². The van der Waals surface area contributed by atoms with Gasteiger partial charge < -0.3 is 24.7 Å². The maximum absolute atomic E-state index is 9.80. The maximum Gasteiger partial charge on any atom is 0.129 e. The standard InChI is InChI=1S/C14H23NO4/c16-11(9-18-10-12-4-3-7-19-12)8-15-13-5-1-2-6-14(13)17/h3-4,7,11,13-17H,1-2,5-6,8-10H2. The Morgan fingerprint density at radius 2 is 2.26 bits per heavy atom. The van der Waals surface area contributed by atoms with E-state index >= 15 is 0 Å². The van der Waals surface area contributed by atoms with Gasteiger partial charge in [0.2, 0.25) is 0 Å². The van der Waals surface area contributed by atoms with Gasteiger partial charge in [0.1, 0.15) is 12.4 Å². The number of rotatable bonds is 7. The van der Waals surface area contributed by atoms with Gasteiger partial charge in [0.25, 0.3) is 0 Å². The van der Waals surface area contributed by atoms with E-state index in [1.165, 1.54) is 0 Å². The molecule has 1 heterocycles. The third kappa shape index (κ3) is 4.95. The molecule has 1 aliphatic carbocycles. The Morgan fingerprint density at radius 1 is 1.42 bits per heavy atom. The summed E-state index contributed by atoms with van der Waals surface area (Å²) in [5, 5.41) is 22.8. The molecule has 0 aromatic carbocycles. The van der Waals surface area contributed by atoms with Crippen LogP contribution in [0.25, 0.3) is 0 Å². The first kappa shape index (κ1) is 14.5. The molecule has 1 aliphatic rings. The van der Waals surface area contributed by atoms with Crippen molar-refractivity contribution in [1.82, 2.24) is 5.32 Å². The lowest BCUT2D eigenvalue weighted by Gasteiger charge is -2.29. The number of aliphatic hydroxyl groups is 2. The van der Waals surface area contributed by atoms with Gasteiger partial charge in [-0.05, 0) is 25.0 Å². The molecule has 5 heteroatoms. The highest BCUT2D eigenvalue weighted by Crippen LogP contribution is 2.18. The molecule has 0 amide bonds. The number of nitrogens with one attached hydrogen (secondary N) is 1. The third-order valence-electron chi connectivity index (χ3n) is 3.48. The Balaban J connectivity index is 1.57. The highest BCUT2D eigenvalue weighted by Gasteiger charge is 2.22. The second kappa shape index (κ2) is 7.65. The van der Waals surface area contributed by atoms with E-state index in [-0.39, 0.29) is 18.8 Å². The molecule has 0 spiro atoms. The summed E-state index contributed by atoms with van der Waals surface area (Å²) in [4.78, 5) is 0. The second-order valence-corrected chi connectivity index (χ2v) is 5.11. The summed E-state index contributed by atoms with van der Waals surface area (Å²) in [7, 11) is 0. The molecule has 1 aromatic rings. The van der Waals surface area contributed by atoms with Gasteiger partial charge in [0.15, 0.2) is 0 Å². The SMILES string of the molecule is OC(CNC1CCCCC1O)COCc1ccco1. The molecule has 1 saturated carbocycles. The highest BCUT2D eigenvalue weighted by atomic mass is 16.5. The van der Waals surface area contributed by atoms with E-state index in [1.807, 2.05) is 6.07 Å². The van der Waals surface area contributed by atoms with Crippen LogP contribution < -0.4 is 5.32 Å². The van der Waals surface area contributed by atoms with Crippen LogP contribution in [-0.2, 0) is 11.3 Å². The van der Waals surface area contributed by atoms with Gasteiger partial charge in [0.05, 0.1) is 25.1 Å². The van der Waals surface area contributed by atoms with Crippen molar-refractivity contribution in [3.63, 3.8) is 0 Å². The molecule has 108 valence electrons. The summed E-state index contributed by atoms with van der Waals surface area (Å²) < 4.78 is 10.5. The molecular weight excluding hydrogens is 246 g/mol. The Kier molecular flexibility index (Phi) is 5.85. The van der Waals surface area contributed by atoms with E-state index in [9.17, 15) is 10.2 Å². The summed E-state index contributed by atoms with van der Waals surface area (Å²) in [6.07, 6.45) is 4.80. The van der Waals surface area contributed by atoms with Crippen LogP contribution in [0.2, 0.25) is 0 Å². The summed E-state index contributed by atoms with van der Waals surface area (Å²) in [6, 6.07) is 3.75. The maximum atomic E-state index is 9.80. The average molecular weight is 269 g/mol. The molecule has 3 atom stereocenters. The van der Waals surface area contributed by atoms with Crippen molar-refractivity contribution in [2.45, 2.75) is 50.5 Å². The van der Waals surface area contributed by atoms with Crippen molar-refractivity contribution in [1.29, 1.82) is 0 Å². The van der Waals surface area contributed by atoms with E-state index in [0.29, 0.717) is 13.2 Å². The second-order valence-electron chi connectivity index (χ2n) is 5.11. The zero-order valence-electron chi connectivity index (χ0n) is 11.1. The highest BCUT2D eigenvalue weighted by molar-refractivity contribution is 4.96. The lowest BCUT2D eigenvalue weighted by Crippen LogP contribution is -2.45. The molecule has 1 aromatic heterocycles. The molecule has 0 aliphatic heterocycles. The smallest absolute Gasteiger partial charge is 0.129 e. The van der Waals surface area contributed by atoms with Crippen molar-refractivity contribution in [3.8, 4) is 0 Å². The first-order chi connectivity index (χ1) is 9.25. The predicted molar refractivity (Wildman–Crippen MR) is 70.6 cm³/mol. The largest absolute Gasteiger partial charge is 0.467 e. The zero-order chi connectivity index (χ0) is 13.5. The minimum Gasteiger partial charge on any atom is -0.467 e. The lowest BCUT2D eigenvalue weighted by molar-refractivity contribution is 0.0157. The molecule has 0 bridgehead atoms. The minimum atomic E-state index is -0.566. The van der Waals surface area contributed by atoms with E-state index < -0.39 is 6.10 Å². The van der Waals surface area contributed by atoms with Crippen molar-refractivity contribution in [2.24, 2.45) is 0 Å². The van der Waals surface area contributed by atoms with Gasteiger partial charge in [-0.2, -0.15) is 0 Å². The molecule has 19 heavy (non-hydrogen) atoms. The molecule has 0 radical (unpaired) electrons. The van der Waals surface area contributed by atoms with Gasteiger partial charge >= 0.3 is 0 Å². The summed E-state index contributed by atoms with van der Waals surface area (Å²) in [6.45, 7) is 1.08. The molecule has 5 nitrogen and oxygen atoms in total. The lowest BCUT2D eigenvalue weighted by atomic mass is 9.92. The fourth-order valence-electron chi connectivity index (χ4n) is 2.39. The van der Waals surface area contributed by atoms with E-state index in [4.69, 9.17) is 9.15 Å². The van der Waals surface area contributed by atoms with Crippen molar-refractivity contribution >= 4 is 0 Å². The third-order valence-corrected chi connectivity index (χ3v) is 3.48. The zero-order valence-corrected chi connectivity index (χ0v) is 11.1. The average Bonchev–Trinajstić information content (AvgIpc) is 2.91. The number of hydrogen-bond donors (Lipinski definition) is 3. The Hall–Kier alpha value is -0.880. The van der Waals surface area contributed by atoms with Crippen LogP contribution in [-0.4, -0.2) is 41.6 Å². The quantitative estimate of drug-likeness (QED) is 0.690. The van der Waals surface area contributed by atoms with Crippen LogP contribution in [0.1, 0.15) is 31.4 Å². The van der Waals surface area contributed by atoms with Crippen LogP contribution in [0, 0.1) is 0 Å². The van der Waals surface area contributed by atoms with Crippen LogP contribution in [0.4, 0.5) is 0 Å². The molecule has 3 unspecified atom stereocenters. The van der Waals surface area contributed by atoms with E-state index in [1.54, 1.807) is 12.3 Å². The number of furan rings is 1. The number of ether oxygens (including phenoxy) is 1. The van der Waals surface area contributed by atoms with Crippen LogP contribution in [0.15, 0.2) is 22.8 Å². The predicted octanol–water partition coefficient (Wildman–Crippen LogP) is 1.05. The van der Waals surface area contributed by atoms with Gasteiger partial charge in [0, 0.05) is 12.6 Å². The molecule has 3 N–H and O–H groups in total. The van der Waals surface area contributed by atoms with Gasteiger partial charge in [-0.15, -0.1) is 0 Å². The fraction of sp³-hybridized carbons (Fsp3) is 0.714. The summed E-state index contributed by atoms with van der Waals surface area (Å²) in [5.41, 5.74) is 0. The van der Waals surface area contributed by atoms with Crippen molar-refractivity contribution in [3.05, 3.63) is 24.2 Å². The summed E-state index contributed by atoms with van der Waals surface area (Å²) >= 11 is 0. The Morgan fingerprint density at radius 3 is 3.00 bits per heavy atom. The fourth-order valence-corrected chi connectivity index (χ4v) is 2.39. The first-order valence-corrected chi connectivity index (χ1v) is 6.95. The number of aliphatic hydroxyl groups excluding tert-OH is 2. The normalized spacial score (nSPS) is 25.4. The minimum absolute atomic E-state index is 0.105. The van der Waals surface area contributed by atoms with Gasteiger partial charge in [-0.3, -0.25) is 0 Å². The Labute approximate surface area is 113 Å². The monoisotopic (exact) mass is 269 g/mol.